The summed E-state index contributed by atoms with van der Waals surface area (Å²) in [6.45, 7) is 8.29. The molecule has 0 saturated heterocycles. The van der Waals surface area contributed by atoms with Crippen molar-refractivity contribution in [3.05, 3.63) is 0 Å². The van der Waals surface area contributed by atoms with Gasteiger partial charge in [0.2, 0.25) is 0 Å². The van der Waals surface area contributed by atoms with Crippen LogP contribution in [0.4, 0.5) is 4.79 Å². The Labute approximate surface area is 81.2 Å². The Kier molecular flexibility index (Phi) is 5.06. The van der Waals surface area contributed by atoms with Crippen molar-refractivity contribution in [3.8, 4) is 0 Å². The summed E-state index contributed by atoms with van der Waals surface area (Å²) in [5.74, 6) is 0.621. The fourth-order valence-corrected chi connectivity index (χ4v) is 3.31. The highest BCUT2D eigenvalue weighted by molar-refractivity contribution is 6.73. The lowest BCUT2D eigenvalue weighted by Gasteiger charge is -2.24. The molecule has 13 heavy (non-hydrogen) atoms. The van der Waals surface area contributed by atoms with Gasteiger partial charge in [-0.05, 0) is 24.6 Å². The van der Waals surface area contributed by atoms with Crippen LogP contribution in [0.5, 0.6) is 0 Å². The van der Waals surface area contributed by atoms with Crippen LogP contribution < -0.4 is 0 Å². The summed E-state index contributed by atoms with van der Waals surface area (Å²) < 4.78 is 4.99. The fourth-order valence-electron chi connectivity index (χ4n) is 1.10. The second-order valence-corrected chi connectivity index (χ2v) is 8.41. The van der Waals surface area contributed by atoms with Crippen LogP contribution in [0.2, 0.25) is 18.6 Å². The van der Waals surface area contributed by atoms with E-state index >= 15 is 0 Å². The minimum absolute atomic E-state index is 0.621. The molecule has 0 amide bonds. The van der Waals surface area contributed by atoms with E-state index in [1.54, 1.807) is 0 Å². The van der Waals surface area contributed by atoms with Gasteiger partial charge in [0.15, 0.2) is 0 Å². The van der Waals surface area contributed by atoms with E-state index in [4.69, 9.17) is 9.53 Å². The van der Waals surface area contributed by atoms with Crippen molar-refractivity contribution in [1.82, 2.24) is 0 Å². The summed E-state index contributed by atoms with van der Waals surface area (Å²) in [4.78, 5) is 10.4. The van der Waals surface area contributed by atoms with E-state index in [9.17, 15) is 4.79 Å². The van der Waals surface area contributed by atoms with Crippen LogP contribution in [-0.2, 0) is 4.43 Å². The van der Waals surface area contributed by atoms with Gasteiger partial charge in [0, 0.05) is 0 Å². The van der Waals surface area contributed by atoms with E-state index in [0.29, 0.717) is 5.92 Å². The number of carboxylic acid groups (broad SMARTS) is 1. The Hall–Kier alpha value is -0.513. The lowest BCUT2D eigenvalue weighted by molar-refractivity contribution is 0.141. The summed E-state index contributed by atoms with van der Waals surface area (Å²) in [5.41, 5.74) is 0. The molecular weight excluding hydrogens is 184 g/mol. The van der Waals surface area contributed by atoms with E-state index in [1.807, 2.05) is 13.5 Å². The van der Waals surface area contributed by atoms with Crippen molar-refractivity contribution in [2.45, 2.75) is 45.8 Å². The molecule has 0 aliphatic carbocycles. The normalized spacial score (nSPS) is 15.5. The van der Waals surface area contributed by atoms with Gasteiger partial charge in [-0.1, -0.05) is 27.2 Å². The van der Waals surface area contributed by atoms with Gasteiger partial charge in [0.05, 0.1) is 0 Å². The average molecular weight is 204 g/mol. The van der Waals surface area contributed by atoms with Crippen LogP contribution in [0.15, 0.2) is 0 Å². The summed E-state index contributed by atoms with van der Waals surface area (Å²) in [6.07, 6.45) is -0.0520. The van der Waals surface area contributed by atoms with Gasteiger partial charge >= 0.3 is 6.16 Å². The zero-order valence-corrected chi connectivity index (χ0v) is 9.96. The van der Waals surface area contributed by atoms with Gasteiger partial charge in [-0.15, -0.1) is 0 Å². The summed E-state index contributed by atoms with van der Waals surface area (Å²) >= 11 is 0. The molecule has 0 spiro atoms. The molecule has 4 heteroatoms. The quantitative estimate of drug-likeness (QED) is 0.699. The van der Waals surface area contributed by atoms with Gasteiger partial charge in [0.1, 0.15) is 0 Å². The predicted octanol–water partition coefficient (Wildman–Crippen LogP) is 3.32. The minimum atomic E-state index is -1.95. The van der Waals surface area contributed by atoms with E-state index in [0.717, 1.165) is 18.5 Å². The first-order chi connectivity index (χ1) is 5.89. The molecule has 1 N–H and O–H groups in total. The van der Waals surface area contributed by atoms with E-state index < -0.39 is 14.5 Å². The first-order valence-electron chi connectivity index (χ1n) is 4.81. The van der Waals surface area contributed by atoms with Crippen LogP contribution in [0, 0.1) is 5.92 Å². The molecule has 1 atom stereocenters. The Morgan fingerprint density at radius 1 is 1.54 bits per heavy atom. The van der Waals surface area contributed by atoms with E-state index in [2.05, 4.69) is 13.8 Å². The van der Waals surface area contributed by atoms with Gasteiger partial charge in [-0.3, -0.25) is 0 Å². The molecule has 1 unspecified atom stereocenters. The zero-order valence-electron chi connectivity index (χ0n) is 8.96. The maximum absolute atomic E-state index is 10.4. The minimum Gasteiger partial charge on any atom is -0.489 e. The molecule has 0 aromatic heterocycles. The third-order valence-electron chi connectivity index (χ3n) is 2.33. The SMILES string of the molecule is CC[Si](C)(CCC(C)C)OC(=O)O. The summed E-state index contributed by atoms with van der Waals surface area (Å²) in [5, 5.41) is 8.56. The lowest BCUT2D eigenvalue weighted by Crippen LogP contribution is -2.35. The second-order valence-electron chi connectivity index (χ2n) is 4.10. The molecule has 0 aromatic carbocycles. The van der Waals surface area contributed by atoms with E-state index in [1.165, 1.54) is 0 Å². The van der Waals surface area contributed by atoms with Gasteiger partial charge < -0.3 is 9.53 Å². The van der Waals surface area contributed by atoms with Crippen molar-refractivity contribution in [2.75, 3.05) is 0 Å². The summed E-state index contributed by atoms with van der Waals surface area (Å²) in [6, 6.07) is 1.81. The van der Waals surface area contributed by atoms with Crippen molar-refractivity contribution in [1.29, 1.82) is 0 Å². The topological polar surface area (TPSA) is 46.5 Å². The number of rotatable bonds is 5. The Morgan fingerprint density at radius 3 is 2.38 bits per heavy atom. The Balaban J connectivity index is 4.03. The highest BCUT2D eigenvalue weighted by Crippen LogP contribution is 2.21. The van der Waals surface area contributed by atoms with E-state index in [-0.39, 0.29) is 0 Å². The first kappa shape index (κ1) is 12.5. The third kappa shape index (κ3) is 5.68. The highest BCUT2D eigenvalue weighted by Gasteiger charge is 2.30. The maximum Gasteiger partial charge on any atom is 0.491 e. The zero-order chi connectivity index (χ0) is 10.5. The fraction of sp³-hybridized carbons (Fsp3) is 0.889. The number of hydrogen-bond donors (Lipinski definition) is 1. The van der Waals surface area contributed by atoms with Crippen molar-refractivity contribution in [3.63, 3.8) is 0 Å². The number of hydrogen-bond acceptors (Lipinski definition) is 2. The van der Waals surface area contributed by atoms with Crippen molar-refractivity contribution >= 4 is 14.5 Å². The molecule has 0 heterocycles. The Morgan fingerprint density at radius 2 is 2.08 bits per heavy atom. The first-order valence-corrected chi connectivity index (χ1v) is 7.64. The molecular formula is C9H20O3Si. The molecule has 0 saturated carbocycles. The summed E-state index contributed by atoms with van der Waals surface area (Å²) in [7, 11) is -1.95. The van der Waals surface area contributed by atoms with Crippen LogP contribution in [-0.4, -0.2) is 19.6 Å². The smallest absolute Gasteiger partial charge is 0.489 e. The molecule has 0 radical (unpaired) electrons. The van der Waals surface area contributed by atoms with Crippen LogP contribution in [0.1, 0.15) is 27.2 Å². The molecule has 3 nitrogen and oxygen atoms in total. The largest absolute Gasteiger partial charge is 0.491 e. The number of carbonyl (C=O) groups is 1. The molecule has 0 aliphatic rings. The van der Waals surface area contributed by atoms with Crippen molar-refractivity contribution in [2.24, 2.45) is 5.92 Å². The van der Waals surface area contributed by atoms with Crippen LogP contribution >= 0.6 is 0 Å². The molecule has 0 fully saturated rings. The van der Waals surface area contributed by atoms with Gasteiger partial charge in [0.25, 0.3) is 8.32 Å². The van der Waals surface area contributed by atoms with Crippen LogP contribution in [0.25, 0.3) is 0 Å². The standard InChI is InChI=1S/C9H20O3Si/c1-5-13(4,12-9(10)11)7-6-8(2)3/h8H,5-7H2,1-4H3,(H,10,11). The Bertz CT molecular complexity index is 170. The molecule has 0 aromatic rings. The third-order valence-corrected chi connectivity index (χ3v) is 5.84. The molecule has 0 rings (SSSR count). The lowest BCUT2D eigenvalue weighted by atomic mass is 10.2. The average Bonchev–Trinajstić information content (AvgIpc) is 2.00. The molecule has 78 valence electrons. The molecule has 0 aliphatic heterocycles. The second kappa shape index (κ2) is 5.27. The highest BCUT2D eigenvalue weighted by atomic mass is 28.4. The monoisotopic (exact) mass is 204 g/mol. The van der Waals surface area contributed by atoms with Crippen LogP contribution in [0.3, 0.4) is 0 Å². The van der Waals surface area contributed by atoms with Gasteiger partial charge in [-0.2, -0.15) is 0 Å². The predicted molar refractivity (Wildman–Crippen MR) is 55.5 cm³/mol. The van der Waals surface area contributed by atoms with Crippen molar-refractivity contribution < 1.29 is 14.3 Å². The van der Waals surface area contributed by atoms with Gasteiger partial charge in [-0.25, -0.2) is 4.79 Å². The molecule has 0 bridgehead atoms. The maximum atomic E-state index is 10.4.